The normalized spacial score (nSPS) is 9.94. The highest BCUT2D eigenvalue weighted by Crippen LogP contribution is 2.30. The number of esters is 1. The molecule has 0 aliphatic heterocycles. The average Bonchev–Trinajstić information content (AvgIpc) is 2.32. The molecule has 8 heteroatoms. The van der Waals surface area contributed by atoms with E-state index in [9.17, 15) is 19.3 Å². The number of halogens is 2. The molecule has 18 heavy (non-hydrogen) atoms. The summed E-state index contributed by atoms with van der Waals surface area (Å²) in [7, 11) is 1.24. The van der Waals surface area contributed by atoms with E-state index in [4.69, 9.17) is 0 Å². The van der Waals surface area contributed by atoms with E-state index >= 15 is 0 Å². The summed E-state index contributed by atoms with van der Waals surface area (Å²) in [6.07, 6.45) is 0.0331. The van der Waals surface area contributed by atoms with Crippen molar-refractivity contribution < 1.29 is 18.8 Å². The Morgan fingerprint density at radius 2 is 2.28 bits per heavy atom. The second-order valence-corrected chi connectivity index (χ2v) is 4.15. The topological polar surface area (TPSA) is 81.5 Å². The van der Waals surface area contributed by atoms with Crippen LogP contribution in [0.15, 0.2) is 16.6 Å². The first-order chi connectivity index (χ1) is 8.45. The number of nitro benzene ring substituents is 1. The number of anilines is 1. The molecule has 0 fully saturated rings. The fourth-order valence-electron chi connectivity index (χ4n) is 1.23. The minimum absolute atomic E-state index is 0.00715. The summed E-state index contributed by atoms with van der Waals surface area (Å²) in [5.74, 6) is -1.08. The molecular weight excluding hydrogens is 311 g/mol. The monoisotopic (exact) mass is 320 g/mol. The van der Waals surface area contributed by atoms with Crippen molar-refractivity contribution in [1.82, 2.24) is 0 Å². The lowest BCUT2D eigenvalue weighted by Crippen LogP contribution is -2.11. The number of ether oxygens (including phenoxy) is 1. The summed E-state index contributed by atoms with van der Waals surface area (Å²) >= 11 is 2.87. The van der Waals surface area contributed by atoms with E-state index in [-0.39, 0.29) is 28.8 Å². The molecule has 0 unspecified atom stereocenters. The minimum Gasteiger partial charge on any atom is -0.469 e. The van der Waals surface area contributed by atoms with E-state index in [0.29, 0.717) is 0 Å². The summed E-state index contributed by atoms with van der Waals surface area (Å²) in [5.41, 5.74) is -0.252. The minimum atomic E-state index is -0.634. The van der Waals surface area contributed by atoms with Gasteiger partial charge in [-0.25, -0.2) is 4.39 Å². The third-order valence-electron chi connectivity index (χ3n) is 2.11. The van der Waals surface area contributed by atoms with E-state index in [0.717, 1.165) is 12.1 Å². The van der Waals surface area contributed by atoms with E-state index in [1.807, 2.05) is 0 Å². The third-order valence-corrected chi connectivity index (χ3v) is 2.72. The Kier molecular flexibility index (Phi) is 5.02. The quantitative estimate of drug-likeness (QED) is 0.512. The van der Waals surface area contributed by atoms with Crippen molar-refractivity contribution in [3.05, 3.63) is 32.5 Å². The van der Waals surface area contributed by atoms with Crippen LogP contribution in [-0.4, -0.2) is 24.5 Å². The molecule has 0 saturated carbocycles. The number of benzene rings is 1. The van der Waals surface area contributed by atoms with Crippen molar-refractivity contribution in [3.63, 3.8) is 0 Å². The van der Waals surface area contributed by atoms with Crippen LogP contribution in [-0.2, 0) is 9.53 Å². The van der Waals surface area contributed by atoms with E-state index < -0.39 is 16.7 Å². The summed E-state index contributed by atoms with van der Waals surface area (Å²) < 4.78 is 17.7. The van der Waals surface area contributed by atoms with E-state index in [1.54, 1.807) is 0 Å². The van der Waals surface area contributed by atoms with Crippen LogP contribution in [0.4, 0.5) is 15.8 Å². The Morgan fingerprint density at radius 1 is 1.61 bits per heavy atom. The molecule has 1 aromatic rings. The Bertz CT molecular complexity index is 481. The fraction of sp³-hybridized carbons (Fsp3) is 0.300. The average molecular weight is 321 g/mol. The Balaban J connectivity index is 2.83. The molecule has 1 aromatic carbocycles. The number of rotatable bonds is 5. The highest BCUT2D eigenvalue weighted by Gasteiger charge is 2.17. The SMILES string of the molecule is COC(=O)CCNc1cc(F)c(Br)cc1[N+](=O)[O-]. The maximum absolute atomic E-state index is 13.3. The molecule has 0 saturated heterocycles. The van der Waals surface area contributed by atoms with Crippen LogP contribution in [0.2, 0.25) is 0 Å². The van der Waals surface area contributed by atoms with Gasteiger partial charge in [-0.2, -0.15) is 0 Å². The highest BCUT2D eigenvalue weighted by atomic mass is 79.9. The summed E-state index contributed by atoms with van der Waals surface area (Å²) in [5, 5.41) is 13.4. The predicted molar refractivity (Wildman–Crippen MR) is 65.9 cm³/mol. The second-order valence-electron chi connectivity index (χ2n) is 3.29. The Labute approximate surface area is 110 Å². The highest BCUT2D eigenvalue weighted by molar-refractivity contribution is 9.10. The third kappa shape index (κ3) is 3.66. The fourth-order valence-corrected chi connectivity index (χ4v) is 1.56. The molecule has 1 N–H and O–H groups in total. The first kappa shape index (κ1) is 14.4. The van der Waals surface area contributed by atoms with Gasteiger partial charge in [-0.05, 0) is 15.9 Å². The zero-order chi connectivity index (χ0) is 13.7. The van der Waals surface area contributed by atoms with Crippen molar-refractivity contribution in [1.29, 1.82) is 0 Å². The predicted octanol–water partition coefficient (Wildman–Crippen LogP) is 2.47. The lowest BCUT2D eigenvalue weighted by molar-refractivity contribution is -0.384. The zero-order valence-electron chi connectivity index (χ0n) is 9.41. The zero-order valence-corrected chi connectivity index (χ0v) is 11.0. The van der Waals surface area contributed by atoms with Crippen LogP contribution in [0.25, 0.3) is 0 Å². The van der Waals surface area contributed by atoms with Crippen molar-refractivity contribution in [2.45, 2.75) is 6.42 Å². The Hall–Kier alpha value is -1.70. The standard InChI is InChI=1S/C10H10BrFN2O4/c1-18-10(15)2-3-13-8-5-7(12)6(11)4-9(8)14(16)17/h4-5,13H,2-3H2,1H3. The lowest BCUT2D eigenvalue weighted by atomic mass is 10.2. The smallest absolute Gasteiger partial charge is 0.307 e. The van der Waals surface area contributed by atoms with Gasteiger partial charge in [-0.1, -0.05) is 0 Å². The molecule has 0 radical (unpaired) electrons. The molecule has 0 bridgehead atoms. The van der Waals surface area contributed by atoms with Gasteiger partial charge >= 0.3 is 5.97 Å². The molecule has 0 heterocycles. The second kappa shape index (κ2) is 6.29. The van der Waals surface area contributed by atoms with E-state index in [1.165, 1.54) is 7.11 Å². The van der Waals surface area contributed by atoms with Gasteiger partial charge in [-0.15, -0.1) is 0 Å². The van der Waals surface area contributed by atoms with Crippen molar-refractivity contribution >= 4 is 33.3 Å². The van der Waals surface area contributed by atoms with Crippen LogP contribution in [0, 0.1) is 15.9 Å². The van der Waals surface area contributed by atoms with Crippen LogP contribution < -0.4 is 5.32 Å². The van der Waals surface area contributed by atoms with Crippen molar-refractivity contribution in [2.24, 2.45) is 0 Å². The first-order valence-electron chi connectivity index (χ1n) is 4.90. The molecule has 0 atom stereocenters. The number of nitro groups is 1. The molecule has 0 aliphatic carbocycles. The number of carbonyl (C=O) groups excluding carboxylic acids is 1. The molecule has 6 nitrogen and oxygen atoms in total. The number of nitrogens with zero attached hydrogens (tertiary/aromatic N) is 1. The number of carbonyl (C=O) groups is 1. The number of nitrogens with one attached hydrogen (secondary N) is 1. The van der Waals surface area contributed by atoms with E-state index in [2.05, 4.69) is 26.0 Å². The van der Waals surface area contributed by atoms with Crippen molar-refractivity contribution in [2.75, 3.05) is 19.0 Å². The molecule has 98 valence electrons. The number of hydrogen-bond acceptors (Lipinski definition) is 5. The number of hydrogen-bond donors (Lipinski definition) is 1. The maximum Gasteiger partial charge on any atom is 0.307 e. The van der Waals surface area contributed by atoms with Crippen LogP contribution in [0.5, 0.6) is 0 Å². The molecule has 0 aromatic heterocycles. The summed E-state index contributed by atoms with van der Waals surface area (Å²) in [4.78, 5) is 21.0. The van der Waals surface area contributed by atoms with Gasteiger partial charge in [0.2, 0.25) is 0 Å². The van der Waals surface area contributed by atoms with Crippen LogP contribution >= 0.6 is 15.9 Å². The largest absolute Gasteiger partial charge is 0.469 e. The van der Waals surface area contributed by atoms with Crippen LogP contribution in [0.1, 0.15) is 6.42 Å². The van der Waals surface area contributed by atoms with Gasteiger partial charge in [-0.3, -0.25) is 14.9 Å². The summed E-state index contributed by atoms with van der Waals surface area (Å²) in [6.45, 7) is 0.120. The molecular formula is C10H10BrFN2O4. The van der Waals surface area contributed by atoms with Crippen molar-refractivity contribution in [3.8, 4) is 0 Å². The van der Waals surface area contributed by atoms with Crippen LogP contribution in [0.3, 0.4) is 0 Å². The number of methoxy groups -OCH3 is 1. The van der Waals surface area contributed by atoms with Gasteiger partial charge in [0.25, 0.3) is 5.69 Å². The van der Waals surface area contributed by atoms with Gasteiger partial charge in [0.1, 0.15) is 11.5 Å². The van der Waals surface area contributed by atoms with Gasteiger partial charge in [0.05, 0.1) is 22.9 Å². The molecule has 0 spiro atoms. The lowest BCUT2D eigenvalue weighted by Gasteiger charge is -2.07. The molecule has 1 rings (SSSR count). The maximum atomic E-state index is 13.3. The summed E-state index contributed by atoms with van der Waals surface area (Å²) in [6, 6.07) is 2.06. The van der Waals surface area contributed by atoms with Gasteiger partial charge in [0, 0.05) is 18.7 Å². The Morgan fingerprint density at radius 3 is 2.83 bits per heavy atom. The molecule has 0 amide bonds. The van der Waals surface area contributed by atoms with Gasteiger partial charge in [0.15, 0.2) is 0 Å². The van der Waals surface area contributed by atoms with Gasteiger partial charge < -0.3 is 10.1 Å². The molecule has 0 aliphatic rings. The first-order valence-corrected chi connectivity index (χ1v) is 5.69.